The highest BCUT2D eigenvalue weighted by atomic mass is 16.5. The molecule has 28 heavy (non-hydrogen) atoms. The normalized spacial score (nSPS) is 36.1. The summed E-state index contributed by atoms with van der Waals surface area (Å²) < 4.78 is 6.29. The fraction of sp³-hybridized carbons (Fsp3) is 0.750. The maximum Gasteiger partial charge on any atom is 0.310 e. The van der Waals surface area contributed by atoms with Gasteiger partial charge in [-0.3, -0.25) is 14.4 Å². The first-order valence-electron chi connectivity index (χ1n) is 9.90. The van der Waals surface area contributed by atoms with Crippen molar-refractivity contribution in [1.29, 1.82) is 0 Å². The number of nitrogens with zero attached hydrogens (tertiary/aromatic N) is 2. The number of hydrogen-bond acceptors (Lipinski definition) is 5. The number of rotatable bonds is 8. The van der Waals surface area contributed by atoms with E-state index in [4.69, 9.17) is 4.74 Å². The van der Waals surface area contributed by atoms with Gasteiger partial charge in [0, 0.05) is 25.7 Å². The van der Waals surface area contributed by atoms with Crippen LogP contribution in [0.4, 0.5) is 0 Å². The average Bonchev–Trinajstić information content (AvgIpc) is 3.18. The Morgan fingerprint density at radius 1 is 1.43 bits per heavy atom. The Morgan fingerprint density at radius 2 is 2.11 bits per heavy atom. The summed E-state index contributed by atoms with van der Waals surface area (Å²) in [6.07, 6.45) is 2.91. The second-order valence-electron chi connectivity index (χ2n) is 8.55. The quantitative estimate of drug-likeness (QED) is 0.585. The van der Waals surface area contributed by atoms with E-state index in [0.717, 1.165) is 0 Å². The molecule has 1 spiro atoms. The van der Waals surface area contributed by atoms with Crippen LogP contribution >= 0.6 is 0 Å². The smallest absolute Gasteiger partial charge is 0.310 e. The third-order valence-electron chi connectivity index (χ3n) is 6.57. The van der Waals surface area contributed by atoms with Gasteiger partial charge in [-0.15, -0.1) is 6.58 Å². The summed E-state index contributed by atoms with van der Waals surface area (Å²) in [7, 11) is 0. The predicted molar refractivity (Wildman–Crippen MR) is 100 cm³/mol. The molecule has 156 valence electrons. The van der Waals surface area contributed by atoms with Crippen LogP contribution in [0.25, 0.3) is 0 Å². The molecule has 2 unspecified atom stereocenters. The number of ether oxygens (including phenoxy) is 1. The minimum absolute atomic E-state index is 0.111. The lowest BCUT2D eigenvalue weighted by Gasteiger charge is -2.38. The zero-order valence-corrected chi connectivity index (χ0v) is 16.8. The first kappa shape index (κ1) is 20.8. The molecule has 3 heterocycles. The van der Waals surface area contributed by atoms with E-state index < -0.39 is 35.0 Å². The number of aliphatic carboxylic acids is 1. The van der Waals surface area contributed by atoms with E-state index in [1.807, 2.05) is 13.8 Å². The number of fused-ring (bicyclic) bond motifs is 1. The van der Waals surface area contributed by atoms with E-state index in [1.165, 1.54) is 4.90 Å². The van der Waals surface area contributed by atoms with E-state index in [2.05, 4.69) is 6.58 Å². The van der Waals surface area contributed by atoms with E-state index in [1.54, 1.807) is 17.9 Å². The number of carbonyl (C=O) groups is 3. The predicted octanol–water partition coefficient (Wildman–Crippen LogP) is 0.641. The second kappa shape index (κ2) is 7.15. The van der Waals surface area contributed by atoms with Crippen LogP contribution in [-0.2, 0) is 19.1 Å². The van der Waals surface area contributed by atoms with Crippen molar-refractivity contribution in [2.75, 3.05) is 19.7 Å². The topological polar surface area (TPSA) is 107 Å². The van der Waals surface area contributed by atoms with Crippen molar-refractivity contribution < 1.29 is 29.3 Å². The van der Waals surface area contributed by atoms with Crippen molar-refractivity contribution in [3.05, 3.63) is 12.7 Å². The van der Waals surface area contributed by atoms with Crippen LogP contribution < -0.4 is 0 Å². The van der Waals surface area contributed by atoms with Gasteiger partial charge in [-0.25, -0.2) is 0 Å². The summed E-state index contributed by atoms with van der Waals surface area (Å²) in [6.45, 7) is 9.63. The zero-order chi connectivity index (χ0) is 20.9. The maximum absolute atomic E-state index is 13.6. The Hall–Kier alpha value is -1.93. The van der Waals surface area contributed by atoms with E-state index >= 15 is 0 Å². The first-order valence-corrected chi connectivity index (χ1v) is 9.90. The minimum atomic E-state index is -1.13. The summed E-state index contributed by atoms with van der Waals surface area (Å²) in [5.74, 6) is -3.53. The molecule has 3 fully saturated rings. The van der Waals surface area contributed by atoms with Gasteiger partial charge in [0.15, 0.2) is 0 Å². The van der Waals surface area contributed by atoms with E-state index in [0.29, 0.717) is 25.8 Å². The molecule has 2 N–H and O–H groups in total. The van der Waals surface area contributed by atoms with Crippen molar-refractivity contribution in [3.8, 4) is 0 Å². The second-order valence-corrected chi connectivity index (χ2v) is 8.55. The first-order chi connectivity index (χ1) is 13.1. The molecule has 3 aliphatic rings. The molecular weight excluding hydrogens is 364 g/mol. The summed E-state index contributed by atoms with van der Waals surface area (Å²) in [5, 5.41) is 19.1. The van der Waals surface area contributed by atoms with Crippen LogP contribution in [0.1, 0.15) is 40.0 Å². The monoisotopic (exact) mass is 394 g/mol. The zero-order valence-electron chi connectivity index (χ0n) is 16.8. The number of carbonyl (C=O) groups excluding carboxylic acids is 2. The molecular formula is C20H30N2O6. The standard InChI is InChI=1S/C20H30N2O6/c1-5-9-21(12(2)3)17(25)15-20-8-7-19(4,28-20)14(18(26)27)13(20)16(24)22(15)10-6-11-23/h5,12-15,23H,1,6-11H2,2-4H3,(H,26,27)/t13-,14+,15?,19-,20?/m0/s1. The van der Waals surface area contributed by atoms with Gasteiger partial charge in [-0.2, -0.15) is 0 Å². The summed E-state index contributed by atoms with van der Waals surface area (Å²) >= 11 is 0. The molecule has 8 heteroatoms. The van der Waals surface area contributed by atoms with Crippen molar-refractivity contribution in [1.82, 2.24) is 9.80 Å². The van der Waals surface area contributed by atoms with Crippen molar-refractivity contribution in [2.24, 2.45) is 11.8 Å². The van der Waals surface area contributed by atoms with Crippen LogP contribution in [0.2, 0.25) is 0 Å². The molecule has 0 radical (unpaired) electrons. The molecule has 3 saturated heterocycles. The minimum Gasteiger partial charge on any atom is -0.481 e. The number of aliphatic hydroxyl groups is 1. The number of hydrogen-bond donors (Lipinski definition) is 2. The Labute approximate surface area is 165 Å². The Kier molecular flexibility index (Phi) is 5.31. The van der Waals surface area contributed by atoms with Crippen molar-refractivity contribution >= 4 is 17.8 Å². The lowest BCUT2D eigenvalue weighted by molar-refractivity contribution is -0.156. The van der Waals surface area contributed by atoms with Gasteiger partial charge < -0.3 is 24.7 Å². The summed E-state index contributed by atoms with van der Waals surface area (Å²) in [6, 6.07) is -0.995. The van der Waals surface area contributed by atoms with Gasteiger partial charge in [0.25, 0.3) is 0 Å². The van der Waals surface area contributed by atoms with Crippen molar-refractivity contribution in [2.45, 2.75) is 63.3 Å². The molecule has 0 aromatic carbocycles. The summed E-state index contributed by atoms with van der Waals surface area (Å²) in [5.41, 5.74) is -2.08. The molecule has 0 aromatic heterocycles. The SMILES string of the molecule is C=CCN(C(=O)C1N(CCCO)C(=O)[C@@H]2[C@H](C(=O)O)[C@]3(C)CCC12O3)C(C)C. The van der Waals surface area contributed by atoms with Crippen LogP contribution in [0.15, 0.2) is 12.7 Å². The Balaban J connectivity index is 2.07. The molecule has 0 saturated carbocycles. The molecule has 2 bridgehead atoms. The van der Waals surface area contributed by atoms with E-state index in [9.17, 15) is 24.6 Å². The lowest BCUT2D eigenvalue weighted by Crippen LogP contribution is -2.57. The van der Waals surface area contributed by atoms with Gasteiger partial charge >= 0.3 is 5.97 Å². The molecule has 2 amide bonds. The number of carboxylic acid groups (broad SMARTS) is 1. The number of carboxylic acids is 1. The van der Waals surface area contributed by atoms with Gasteiger partial charge in [-0.1, -0.05) is 6.08 Å². The molecule has 0 aromatic rings. The Bertz CT molecular complexity index is 694. The highest BCUT2D eigenvalue weighted by Crippen LogP contribution is 2.63. The highest BCUT2D eigenvalue weighted by Gasteiger charge is 2.78. The number of amides is 2. The van der Waals surface area contributed by atoms with Crippen LogP contribution in [0, 0.1) is 11.8 Å². The van der Waals surface area contributed by atoms with E-state index in [-0.39, 0.29) is 31.0 Å². The number of aliphatic hydroxyl groups excluding tert-OH is 1. The highest BCUT2D eigenvalue weighted by molar-refractivity contribution is 5.98. The largest absolute Gasteiger partial charge is 0.481 e. The number of likely N-dealkylation sites (tertiary alicyclic amines) is 1. The molecule has 3 rings (SSSR count). The summed E-state index contributed by atoms with van der Waals surface area (Å²) in [4.78, 5) is 42.0. The van der Waals surface area contributed by atoms with Gasteiger partial charge in [0.2, 0.25) is 11.8 Å². The van der Waals surface area contributed by atoms with Gasteiger partial charge in [0.05, 0.1) is 17.4 Å². The molecule has 8 nitrogen and oxygen atoms in total. The van der Waals surface area contributed by atoms with Crippen LogP contribution in [-0.4, -0.2) is 80.8 Å². The third kappa shape index (κ3) is 2.76. The maximum atomic E-state index is 13.6. The third-order valence-corrected chi connectivity index (χ3v) is 6.57. The Morgan fingerprint density at radius 3 is 2.64 bits per heavy atom. The fourth-order valence-electron chi connectivity index (χ4n) is 5.41. The van der Waals surface area contributed by atoms with Gasteiger partial charge in [-0.05, 0) is 40.0 Å². The molecule has 5 atom stereocenters. The molecule has 0 aliphatic carbocycles. The van der Waals surface area contributed by atoms with Crippen LogP contribution in [0.3, 0.4) is 0 Å². The lowest BCUT2D eigenvalue weighted by atomic mass is 9.66. The van der Waals surface area contributed by atoms with Gasteiger partial charge in [0.1, 0.15) is 11.6 Å². The van der Waals surface area contributed by atoms with Crippen LogP contribution in [0.5, 0.6) is 0 Å². The molecule has 3 aliphatic heterocycles. The van der Waals surface area contributed by atoms with Crippen molar-refractivity contribution in [3.63, 3.8) is 0 Å². The fourth-order valence-corrected chi connectivity index (χ4v) is 5.41. The average molecular weight is 394 g/mol.